The van der Waals surface area contributed by atoms with Crippen LogP contribution in [0, 0.1) is 18.7 Å². The molecule has 0 saturated carbocycles. The molecular formula is C19H28FN3O5S. The van der Waals surface area contributed by atoms with E-state index in [2.05, 4.69) is 10.6 Å². The first-order valence-electron chi connectivity index (χ1n) is 9.58. The summed E-state index contributed by atoms with van der Waals surface area (Å²) in [5.41, 5.74) is 0.280. The lowest BCUT2D eigenvalue weighted by molar-refractivity contribution is -0.140. The second-order valence-corrected chi connectivity index (χ2v) is 9.21. The van der Waals surface area contributed by atoms with Gasteiger partial charge in [0.2, 0.25) is 10.0 Å². The molecule has 0 bridgehead atoms. The van der Waals surface area contributed by atoms with Crippen LogP contribution in [-0.4, -0.2) is 57.0 Å². The zero-order valence-electron chi connectivity index (χ0n) is 16.9. The Balaban J connectivity index is 2.04. The summed E-state index contributed by atoms with van der Waals surface area (Å²) < 4.78 is 46.1. The SMILES string of the molecule is Cc1cc(F)ccc1S(=O)(=O)N1CCCOC1CNC(=O)C(=O)NCCC(C)C. The van der Waals surface area contributed by atoms with Crippen molar-refractivity contribution in [1.29, 1.82) is 0 Å². The zero-order valence-corrected chi connectivity index (χ0v) is 17.7. The Labute approximate surface area is 170 Å². The van der Waals surface area contributed by atoms with E-state index in [1.54, 1.807) is 0 Å². The first-order chi connectivity index (χ1) is 13.6. The topological polar surface area (TPSA) is 105 Å². The van der Waals surface area contributed by atoms with E-state index < -0.39 is 33.9 Å². The van der Waals surface area contributed by atoms with Crippen LogP contribution in [0.4, 0.5) is 4.39 Å². The number of hydrogen-bond acceptors (Lipinski definition) is 5. The van der Waals surface area contributed by atoms with Crippen molar-refractivity contribution >= 4 is 21.8 Å². The highest BCUT2D eigenvalue weighted by Crippen LogP contribution is 2.25. The maximum atomic E-state index is 13.4. The van der Waals surface area contributed by atoms with Crippen molar-refractivity contribution in [3.63, 3.8) is 0 Å². The van der Waals surface area contributed by atoms with Gasteiger partial charge in [0.15, 0.2) is 0 Å². The fraction of sp³-hybridized carbons (Fsp3) is 0.579. The number of amides is 2. The van der Waals surface area contributed by atoms with Gasteiger partial charge in [0.05, 0.1) is 18.0 Å². The van der Waals surface area contributed by atoms with Gasteiger partial charge in [0.1, 0.15) is 12.0 Å². The van der Waals surface area contributed by atoms with E-state index in [1.807, 2.05) is 13.8 Å². The number of aryl methyl sites for hydroxylation is 1. The van der Waals surface area contributed by atoms with Crippen LogP contribution in [0.25, 0.3) is 0 Å². The van der Waals surface area contributed by atoms with Crippen molar-refractivity contribution in [1.82, 2.24) is 14.9 Å². The van der Waals surface area contributed by atoms with Crippen LogP contribution in [0.2, 0.25) is 0 Å². The number of sulfonamides is 1. The summed E-state index contributed by atoms with van der Waals surface area (Å²) in [7, 11) is -3.96. The lowest BCUT2D eigenvalue weighted by Crippen LogP contribution is -2.53. The molecule has 1 atom stereocenters. The van der Waals surface area contributed by atoms with Gasteiger partial charge in [-0.25, -0.2) is 12.8 Å². The van der Waals surface area contributed by atoms with Gasteiger partial charge in [-0.2, -0.15) is 4.31 Å². The molecule has 2 rings (SSSR count). The first kappa shape index (κ1) is 23.2. The minimum Gasteiger partial charge on any atom is -0.360 e. The Hall–Kier alpha value is -2.04. The molecule has 0 radical (unpaired) electrons. The summed E-state index contributed by atoms with van der Waals surface area (Å²) >= 11 is 0. The van der Waals surface area contributed by atoms with E-state index in [1.165, 1.54) is 13.0 Å². The van der Waals surface area contributed by atoms with E-state index in [9.17, 15) is 22.4 Å². The van der Waals surface area contributed by atoms with Crippen molar-refractivity contribution in [2.75, 3.05) is 26.2 Å². The van der Waals surface area contributed by atoms with Crippen molar-refractivity contribution < 1.29 is 27.1 Å². The first-order valence-corrected chi connectivity index (χ1v) is 11.0. The number of ether oxygens (including phenoxy) is 1. The molecule has 1 aromatic carbocycles. The fourth-order valence-corrected chi connectivity index (χ4v) is 4.72. The predicted molar refractivity (Wildman–Crippen MR) is 105 cm³/mol. The van der Waals surface area contributed by atoms with Crippen LogP contribution in [-0.2, 0) is 24.3 Å². The third kappa shape index (κ3) is 6.22. The Morgan fingerprint density at radius 1 is 1.28 bits per heavy atom. The van der Waals surface area contributed by atoms with Crippen molar-refractivity contribution in [2.24, 2.45) is 5.92 Å². The van der Waals surface area contributed by atoms with Crippen molar-refractivity contribution in [2.45, 2.75) is 44.7 Å². The summed E-state index contributed by atoms with van der Waals surface area (Å²) in [4.78, 5) is 23.8. The average Bonchev–Trinajstić information content (AvgIpc) is 2.65. The minimum absolute atomic E-state index is 0.0212. The number of carbonyl (C=O) groups excluding carboxylic acids is 2. The molecule has 1 aromatic rings. The van der Waals surface area contributed by atoms with Gasteiger partial charge in [-0.3, -0.25) is 9.59 Å². The largest absolute Gasteiger partial charge is 0.360 e. The Kier molecular flexibility index (Phi) is 8.12. The van der Waals surface area contributed by atoms with E-state index >= 15 is 0 Å². The highest BCUT2D eigenvalue weighted by molar-refractivity contribution is 7.89. The van der Waals surface area contributed by atoms with E-state index in [0.29, 0.717) is 25.5 Å². The van der Waals surface area contributed by atoms with Gasteiger partial charge >= 0.3 is 11.8 Å². The number of carbonyl (C=O) groups is 2. The van der Waals surface area contributed by atoms with Crippen LogP contribution in [0.3, 0.4) is 0 Å². The molecule has 2 N–H and O–H groups in total. The number of nitrogens with zero attached hydrogens (tertiary/aromatic N) is 1. The summed E-state index contributed by atoms with van der Waals surface area (Å²) in [6.45, 7) is 6.26. The van der Waals surface area contributed by atoms with E-state index in [4.69, 9.17) is 4.74 Å². The monoisotopic (exact) mass is 429 g/mol. The molecule has 1 aliphatic rings. The number of hydrogen-bond donors (Lipinski definition) is 2. The summed E-state index contributed by atoms with van der Waals surface area (Å²) in [5, 5.41) is 4.95. The van der Waals surface area contributed by atoms with Gasteiger partial charge in [0, 0.05) is 13.1 Å². The number of nitrogens with one attached hydrogen (secondary N) is 2. The zero-order chi connectivity index (χ0) is 21.6. The minimum atomic E-state index is -3.96. The molecule has 1 saturated heterocycles. The van der Waals surface area contributed by atoms with Crippen molar-refractivity contribution in [3.05, 3.63) is 29.6 Å². The third-order valence-electron chi connectivity index (χ3n) is 4.53. The molecule has 1 heterocycles. The Morgan fingerprint density at radius 3 is 2.62 bits per heavy atom. The molecule has 162 valence electrons. The van der Waals surface area contributed by atoms with Crippen molar-refractivity contribution in [3.8, 4) is 0 Å². The molecule has 0 aliphatic carbocycles. The molecule has 8 nitrogen and oxygen atoms in total. The second kappa shape index (κ2) is 10.1. The number of benzene rings is 1. The number of halogens is 1. The lowest BCUT2D eigenvalue weighted by atomic mass is 10.1. The third-order valence-corrected chi connectivity index (χ3v) is 6.58. The van der Waals surface area contributed by atoms with Gasteiger partial charge in [-0.15, -0.1) is 0 Å². The average molecular weight is 430 g/mol. The van der Waals surface area contributed by atoms with Gasteiger partial charge in [-0.1, -0.05) is 13.8 Å². The normalized spacial score (nSPS) is 17.9. The Morgan fingerprint density at radius 2 is 1.97 bits per heavy atom. The van der Waals surface area contributed by atoms with Crippen LogP contribution < -0.4 is 10.6 Å². The van der Waals surface area contributed by atoms with Gasteiger partial charge in [-0.05, 0) is 49.4 Å². The van der Waals surface area contributed by atoms with E-state index in [-0.39, 0.29) is 23.5 Å². The van der Waals surface area contributed by atoms with Crippen LogP contribution in [0.15, 0.2) is 23.1 Å². The van der Waals surface area contributed by atoms with Crippen LogP contribution >= 0.6 is 0 Å². The predicted octanol–water partition coefficient (Wildman–Crippen LogP) is 1.15. The van der Waals surface area contributed by atoms with E-state index in [0.717, 1.165) is 22.9 Å². The number of rotatable bonds is 7. The quantitative estimate of drug-likeness (QED) is 0.633. The Bertz CT molecular complexity index is 844. The molecule has 10 heteroatoms. The molecule has 0 spiro atoms. The molecule has 2 amide bonds. The molecule has 1 fully saturated rings. The molecule has 1 aliphatic heterocycles. The highest BCUT2D eigenvalue weighted by Gasteiger charge is 2.35. The smallest absolute Gasteiger partial charge is 0.309 e. The van der Waals surface area contributed by atoms with Crippen LogP contribution in [0.1, 0.15) is 32.3 Å². The lowest BCUT2D eigenvalue weighted by Gasteiger charge is -2.34. The second-order valence-electron chi connectivity index (χ2n) is 7.35. The molecule has 1 unspecified atom stereocenters. The standard InChI is InChI=1S/C19H28FN3O5S/c1-13(2)7-8-21-18(24)19(25)22-12-17-23(9-4-10-28-17)29(26,27)16-6-5-15(20)11-14(16)3/h5-6,11,13,17H,4,7-10,12H2,1-3H3,(H,21,24)(H,22,25). The highest BCUT2D eigenvalue weighted by atomic mass is 32.2. The molecule has 0 aromatic heterocycles. The van der Waals surface area contributed by atoms with Gasteiger partial charge < -0.3 is 15.4 Å². The van der Waals surface area contributed by atoms with Gasteiger partial charge in [0.25, 0.3) is 0 Å². The molecule has 29 heavy (non-hydrogen) atoms. The van der Waals surface area contributed by atoms with Crippen LogP contribution in [0.5, 0.6) is 0 Å². The summed E-state index contributed by atoms with van der Waals surface area (Å²) in [6, 6.07) is 3.45. The maximum Gasteiger partial charge on any atom is 0.309 e. The maximum absolute atomic E-state index is 13.4. The molecular weight excluding hydrogens is 401 g/mol. The fourth-order valence-electron chi connectivity index (χ4n) is 2.95. The summed E-state index contributed by atoms with van der Waals surface area (Å²) in [6.07, 6.45) is 0.276. The summed E-state index contributed by atoms with van der Waals surface area (Å²) in [5.74, 6) is -1.75.